The van der Waals surface area contributed by atoms with E-state index in [4.69, 9.17) is 11.6 Å². The van der Waals surface area contributed by atoms with E-state index in [1.54, 1.807) is 41.3 Å². The molecule has 0 aromatic heterocycles. The van der Waals surface area contributed by atoms with Gasteiger partial charge >= 0.3 is 0 Å². The maximum Gasteiger partial charge on any atom is 0.240 e. The van der Waals surface area contributed by atoms with Crippen LogP contribution in [0.15, 0.2) is 47.4 Å². The van der Waals surface area contributed by atoms with Gasteiger partial charge in [0.05, 0.1) is 4.90 Å². The summed E-state index contributed by atoms with van der Waals surface area (Å²) in [6, 6.07) is 12.1. The third kappa shape index (κ3) is 4.21. The summed E-state index contributed by atoms with van der Waals surface area (Å²) < 4.78 is 27.7. The number of fused-ring (bicyclic) bond motifs is 1. The van der Waals surface area contributed by atoms with Crippen molar-refractivity contribution in [2.24, 2.45) is 0 Å². The summed E-state index contributed by atoms with van der Waals surface area (Å²) in [6.45, 7) is 2.84. The van der Waals surface area contributed by atoms with E-state index in [0.29, 0.717) is 18.1 Å². The summed E-state index contributed by atoms with van der Waals surface area (Å²) in [7, 11) is -3.63. The zero-order valence-corrected chi connectivity index (χ0v) is 15.4. The predicted molar refractivity (Wildman–Crippen MR) is 96.7 cm³/mol. The van der Waals surface area contributed by atoms with E-state index in [-0.39, 0.29) is 17.3 Å². The number of sulfonamides is 1. The zero-order chi connectivity index (χ0) is 18.0. The van der Waals surface area contributed by atoms with Crippen molar-refractivity contribution in [3.63, 3.8) is 0 Å². The van der Waals surface area contributed by atoms with Gasteiger partial charge in [0.1, 0.15) is 0 Å². The quantitative estimate of drug-likeness (QED) is 0.889. The second-order valence-electron chi connectivity index (χ2n) is 6.07. The van der Waals surface area contributed by atoms with Gasteiger partial charge in [-0.1, -0.05) is 29.8 Å². The van der Waals surface area contributed by atoms with Gasteiger partial charge in [-0.15, -0.1) is 0 Å². The molecule has 0 atom stereocenters. The van der Waals surface area contributed by atoms with Gasteiger partial charge in [0.2, 0.25) is 15.9 Å². The molecule has 1 amide bonds. The van der Waals surface area contributed by atoms with E-state index in [9.17, 15) is 13.2 Å². The van der Waals surface area contributed by atoms with Gasteiger partial charge in [-0.3, -0.25) is 4.79 Å². The number of nitrogens with zero attached hydrogens (tertiary/aromatic N) is 1. The highest BCUT2D eigenvalue weighted by molar-refractivity contribution is 7.89. The molecule has 1 heterocycles. The summed E-state index contributed by atoms with van der Waals surface area (Å²) in [5.41, 5.74) is 2.80. The molecular weight excluding hydrogens is 360 g/mol. The first-order valence-electron chi connectivity index (χ1n) is 7.96. The van der Waals surface area contributed by atoms with Gasteiger partial charge in [0.25, 0.3) is 0 Å². The molecule has 0 unspecified atom stereocenters. The number of rotatable bonds is 4. The van der Waals surface area contributed by atoms with Crippen LogP contribution in [0.3, 0.4) is 0 Å². The topological polar surface area (TPSA) is 66.5 Å². The third-order valence-electron chi connectivity index (χ3n) is 4.33. The third-order valence-corrected chi connectivity index (χ3v) is 5.98. The van der Waals surface area contributed by atoms with Crippen molar-refractivity contribution in [3.8, 4) is 0 Å². The maximum absolute atomic E-state index is 12.6. The van der Waals surface area contributed by atoms with Gasteiger partial charge in [0, 0.05) is 31.6 Å². The van der Waals surface area contributed by atoms with Crippen LogP contribution >= 0.6 is 11.6 Å². The molecule has 7 heteroatoms. The molecule has 0 radical (unpaired) electrons. The van der Waals surface area contributed by atoms with Crippen LogP contribution in [-0.2, 0) is 34.3 Å². The highest BCUT2D eigenvalue weighted by Gasteiger charge is 2.21. The molecule has 0 aliphatic carbocycles. The van der Waals surface area contributed by atoms with E-state index < -0.39 is 10.0 Å². The van der Waals surface area contributed by atoms with E-state index in [1.807, 2.05) is 6.07 Å². The summed E-state index contributed by atoms with van der Waals surface area (Å²) in [6.07, 6.45) is 0.743. The monoisotopic (exact) mass is 378 g/mol. The van der Waals surface area contributed by atoms with Crippen LogP contribution in [0.1, 0.15) is 23.6 Å². The number of benzene rings is 2. The van der Waals surface area contributed by atoms with Crippen molar-refractivity contribution in [1.82, 2.24) is 9.62 Å². The highest BCUT2D eigenvalue weighted by Crippen LogP contribution is 2.23. The number of carbonyl (C=O) groups excluding carboxylic acids is 1. The molecule has 1 aliphatic heterocycles. The minimum Gasteiger partial charge on any atom is -0.338 e. The number of nitrogens with one attached hydrogen (secondary N) is 1. The molecule has 5 nitrogen and oxygen atoms in total. The molecule has 0 spiro atoms. The van der Waals surface area contributed by atoms with Gasteiger partial charge < -0.3 is 4.90 Å². The van der Waals surface area contributed by atoms with Crippen LogP contribution in [0, 0.1) is 0 Å². The Bertz CT molecular complexity index is 895. The van der Waals surface area contributed by atoms with Gasteiger partial charge in [-0.2, -0.15) is 0 Å². The van der Waals surface area contributed by atoms with Crippen LogP contribution in [0.5, 0.6) is 0 Å². The normalized spacial score (nSPS) is 14.2. The van der Waals surface area contributed by atoms with E-state index in [0.717, 1.165) is 23.1 Å². The molecule has 132 valence electrons. The molecular formula is C18H19ClN2O3S. The lowest BCUT2D eigenvalue weighted by Gasteiger charge is -2.28. The largest absolute Gasteiger partial charge is 0.338 e. The molecule has 0 saturated heterocycles. The fourth-order valence-electron chi connectivity index (χ4n) is 2.83. The Morgan fingerprint density at radius 1 is 1.16 bits per heavy atom. The highest BCUT2D eigenvalue weighted by atomic mass is 35.5. The van der Waals surface area contributed by atoms with Crippen molar-refractivity contribution in [1.29, 1.82) is 0 Å². The Hall–Kier alpha value is -1.89. The SMILES string of the molecule is CC(=O)N1CCc2ccc(S(=O)(=O)NCc3ccc(Cl)cc3)cc2C1. The minimum atomic E-state index is -3.63. The predicted octanol–water partition coefficient (Wildman–Crippen LogP) is 2.72. The average Bonchev–Trinajstić information content (AvgIpc) is 2.60. The van der Waals surface area contributed by atoms with E-state index in [1.165, 1.54) is 6.92 Å². The Labute approximate surface area is 152 Å². The summed E-state index contributed by atoms with van der Waals surface area (Å²) in [5, 5.41) is 0.608. The number of hydrogen-bond acceptors (Lipinski definition) is 3. The minimum absolute atomic E-state index is 0.000210. The Morgan fingerprint density at radius 3 is 2.56 bits per heavy atom. The zero-order valence-electron chi connectivity index (χ0n) is 13.8. The van der Waals surface area contributed by atoms with Gasteiger partial charge in [0.15, 0.2) is 0 Å². The Morgan fingerprint density at radius 2 is 1.88 bits per heavy atom. The van der Waals surface area contributed by atoms with Crippen molar-refractivity contribution in [2.75, 3.05) is 6.54 Å². The smallest absolute Gasteiger partial charge is 0.240 e. The van der Waals surface area contributed by atoms with Crippen LogP contribution in [0.2, 0.25) is 5.02 Å². The van der Waals surface area contributed by atoms with Crippen LogP contribution in [0.4, 0.5) is 0 Å². The average molecular weight is 379 g/mol. The second-order valence-corrected chi connectivity index (χ2v) is 8.28. The van der Waals surface area contributed by atoms with E-state index >= 15 is 0 Å². The van der Waals surface area contributed by atoms with Gasteiger partial charge in [-0.25, -0.2) is 13.1 Å². The Balaban J connectivity index is 1.77. The molecule has 0 saturated carbocycles. The first-order chi connectivity index (χ1) is 11.8. The molecule has 1 N–H and O–H groups in total. The number of amides is 1. The molecule has 3 rings (SSSR count). The van der Waals surface area contributed by atoms with Crippen molar-refractivity contribution in [2.45, 2.75) is 31.3 Å². The van der Waals surface area contributed by atoms with Crippen molar-refractivity contribution < 1.29 is 13.2 Å². The molecule has 1 aliphatic rings. The van der Waals surface area contributed by atoms with E-state index in [2.05, 4.69) is 4.72 Å². The lowest BCUT2D eigenvalue weighted by Crippen LogP contribution is -2.34. The lowest BCUT2D eigenvalue weighted by molar-refractivity contribution is -0.129. The number of halogens is 1. The first kappa shape index (κ1) is 17.9. The van der Waals surface area contributed by atoms with Crippen LogP contribution < -0.4 is 4.72 Å². The summed E-state index contributed by atoms with van der Waals surface area (Å²) >= 11 is 5.83. The summed E-state index contributed by atoms with van der Waals surface area (Å²) in [5.74, 6) is -0.000210. The lowest BCUT2D eigenvalue weighted by atomic mass is 10.00. The standard InChI is InChI=1S/C18H19ClN2O3S/c1-13(22)21-9-8-15-4-7-18(10-16(15)12-21)25(23,24)20-11-14-2-5-17(19)6-3-14/h2-7,10,20H,8-9,11-12H2,1H3. The van der Waals surface area contributed by atoms with Gasteiger partial charge in [-0.05, 0) is 47.4 Å². The number of hydrogen-bond donors (Lipinski definition) is 1. The molecule has 0 bridgehead atoms. The molecule has 25 heavy (non-hydrogen) atoms. The molecule has 2 aromatic rings. The fourth-order valence-corrected chi connectivity index (χ4v) is 4.03. The van der Waals surface area contributed by atoms with Crippen LogP contribution in [0.25, 0.3) is 0 Å². The maximum atomic E-state index is 12.6. The van der Waals surface area contributed by atoms with Crippen molar-refractivity contribution in [3.05, 3.63) is 64.2 Å². The van der Waals surface area contributed by atoms with Crippen molar-refractivity contribution >= 4 is 27.5 Å². The second kappa shape index (κ2) is 7.15. The summed E-state index contributed by atoms with van der Waals surface area (Å²) in [4.78, 5) is 13.5. The fraction of sp³-hybridized carbons (Fsp3) is 0.278. The number of carbonyl (C=O) groups is 1. The first-order valence-corrected chi connectivity index (χ1v) is 9.83. The molecule has 0 fully saturated rings. The molecule has 2 aromatic carbocycles. The Kier molecular flexibility index (Phi) is 5.13. The van der Waals surface area contributed by atoms with Crippen LogP contribution in [-0.4, -0.2) is 25.8 Å².